The topological polar surface area (TPSA) is 50.9 Å². The molecule has 0 bridgehead atoms. The van der Waals surface area contributed by atoms with Gasteiger partial charge in [-0.2, -0.15) is 0 Å². The first-order valence-corrected chi connectivity index (χ1v) is 7.38. The lowest BCUT2D eigenvalue weighted by Crippen LogP contribution is -2.18. The molecule has 0 fully saturated rings. The number of nitrogens with zero attached hydrogens (tertiary/aromatic N) is 1. The molecule has 0 saturated carbocycles. The van der Waals surface area contributed by atoms with E-state index in [4.69, 9.17) is 18.0 Å². The number of aryl methyl sites for hydroxylation is 1. The Kier molecular flexibility index (Phi) is 3.38. The van der Waals surface area contributed by atoms with Crippen LogP contribution in [-0.2, 0) is 0 Å². The lowest BCUT2D eigenvalue weighted by atomic mass is 10.2. The van der Waals surface area contributed by atoms with Gasteiger partial charge in [-0.25, -0.2) is 4.98 Å². The van der Waals surface area contributed by atoms with Crippen molar-refractivity contribution in [2.24, 2.45) is 5.73 Å². The highest BCUT2D eigenvalue weighted by Crippen LogP contribution is 2.31. The van der Waals surface area contributed by atoms with Crippen molar-refractivity contribution in [2.45, 2.75) is 6.92 Å². The molecule has 0 radical (unpaired) electrons. The summed E-state index contributed by atoms with van der Waals surface area (Å²) < 4.78 is 1.21. The number of anilines is 1. The van der Waals surface area contributed by atoms with Crippen LogP contribution in [0.4, 0.5) is 5.69 Å². The zero-order valence-corrected chi connectivity index (χ0v) is 12.5. The summed E-state index contributed by atoms with van der Waals surface area (Å²) in [7, 11) is 0. The zero-order valence-electron chi connectivity index (χ0n) is 10.9. The van der Waals surface area contributed by atoms with E-state index in [0.29, 0.717) is 0 Å². The van der Waals surface area contributed by atoms with Crippen molar-refractivity contribution in [3.05, 3.63) is 48.0 Å². The van der Waals surface area contributed by atoms with E-state index in [1.807, 2.05) is 24.3 Å². The standard InChI is InChI=1S/C15H13N3S2/c1-9-2-7-12-13(8-9)20-14(18-12)10-3-5-11(6-4-10)17-15(16)19/h2-8H,1H3,(H3,16,17,19). The first-order chi connectivity index (χ1) is 9.61. The molecule has 0 amide bonds. The minimum absolute atomic E-state index is 0.271. The molecule has 100 valence electrons. The molecule has 0 aliphatic carbocycles. The number of nitrogens with one attached hydrogen (secondary N) is 1. The lowest BCUT2D eigenvalue weighted by molar-refractivity contribution is 1.45. The predicted molar refractivity (Wildman–Crippen MR) is 90.2 cm³/mol. The number of benzene rings is 2. The first kappa shape index (κ1) is 13.0. The molecular formula is C15H13N3S2. The van der Waals surface area contributed by atoms with Crippen molar-refractivity contribution in [1.82, 2.24) is 4.98 Å². The molecule has 3 rings (SSSR count). The van der Waals surface area contributed by atoms with Crippen molar-refractivity contribution in [1.29, 1.82) is 0 Å². The van der Waals surface area contributed by atoms with E-state index in [9.17, 15) is 0 Å². The number of fused-ring (bicyclic) bond motifs is 1. The van der Waals surface area contributed by atoms with Gasteiger partial charge in [0.1, 0.15) is 5.01 Å². The van der Waals surface area contributed by atoms with E-state index < -0.39 is 0 Å². The Morgan fingerprint density at radius 1 is 1.20 bits per heavy atom. The minimum Gasteiger partial charge on any atom is -0.376 e. The van der Waals surface area contributed by atoms with Gasteiger partial charge in [-0.15, -0.1) is 11.3 Å². The Labute approximate surface area is 126 Å². The molecule has 1 aromatic heterocycles. The summed E-state index contributed by atoms with van der Waals surface area (Å²) in [6.07, 6.45) is 0. The SMILES string of the molecule is Cc1ccc2nc(-c3ccc(NC(N)=S)cc3)sc2c1. The van der Waals surface area contributed by atoms with Gasteiger partial charge in [-0.05, 0) is 61.1 Å². The van der Waals surface area contributed by atoms with Crippen LogP contribution in [0, 0.1) is 6.92 Å². The second-order valence-corrected chi connectivity index (χ2v) is 6.03. The van der Waals surface area contributed by atoms with Gasteiger partial charge >= 0.3 is 0 Å². The Morgan fingerprint density at radius 3 is 2.65 bits per heavy atom. The molecule has 0 saturated heterocycles. The van der Waals surface area contributed by atoms with Crippen LogP contribution >= 0.6 is 23.6 Å². The van der Waals surface area contributed by atoms with E-state index in [0.717, 1.165) is 21.8 Å². The van der Waals surface area contributed by atoms with Gasteiger partial charge in [0.25, 0.3) is 0 Å². The fraction of sp³-hybridized carbons (Fsp3) is 0.0667. The summed E-state index contributed by atoms with van der Waals surface area (Å²) in [6, 6.07) is 14.3. The molecule has 0 aliphatic heterocycles. The van der Waals surface area contributed by atoms with E-state index in [1.165, 1.54) is 10.3 Å². The van der Waals surface area contributed by atoms with Gasteiger partial charge in [0.2, 0.25) is 0 Å². The van der Waals surface area contributed by atoms with Crippen LogP contribution in [0.5, 0.6) is 0 Å². The van der Waals surface area contributed by atoms with E-state index in [2.05, 4.69) is 35.4 Å². The summed E-state index contributed by atoms with van der Waals surface area (Å²) in [5.74, 6) is 0. The highest BCUT2D eigenvalue weighted by Gasteiger charge is 2.06. The van der Waals surface area contributed by atoms with Crippen molar-refractivity contribution in [2.75, 3.05) is 5.32 Å². The largest absolute Gasteiger partial charge is 0.376 e. The highest BCUT2D eigenvalue weighted by atomic mass is 32.1. The second kappa shape index (κ2) is 5.19. The molecule has 0 unspecified atom stereocenters. The summed E-state index contributed by atoms with van der Waals surface area (Å²) in [4.78, 5) is 4.66. The number of hydrogen-bond donors (Lipinski definition) is 2. The summed E-state index contributed by atoms with van der Waals surface area (Å²) in [5.41, 5.74) is 9.73. The number of aromatic nitrogens is 1. The molecule has 0 aliphatic rings. The van der Waals surface area contributed by atoms with E-state index in [-0.39, 0.29) is 5.11 Å². The van der Waals surface area contributed by atoms with Crippen LogP contribution in [0.1, 0.15) is 5.56 Å². The van der Waals surface area contributed by atoms with Crippen LogP contribution in [0.2, 0.25) is 0 Å². The fourth-order valence-corrected chi connectivity index (χ4v) is 3.18. The first-order valence-electron chi connectivity index (χ1n) is 6.16. The van der Waals surface area contributed by atoms with Gasteiger partial charge < -0.3 is 11.1 Å². The van der Waals surface area contributed by atoms with Crippen LogP contribution in [0.3, 0.4) is 0 Å². The second-order valence-electron chi connectivity index (χ2n) is 4.56. The third-order valence-electron chi connectivity index (χ3n) is 2.94. The maximum atomic E-state index is 5.45. The van der Waals surface area contributed by atoms with Gasteiger partial charge in [0.05, 0.1) is 10.2 Å². The number of thiocarbonyl (C=S) groups is 1. The predicted octanol–water partition coefficient (Wildman–Crippen LogP) is 3.93. The van der Waals surface area contributed by atoms with Crippen molar-refractivity contribution >= 4 is 44.6 Å². The maximum Gasteiger partial charge on any atom is 0.168 e. The Bertz CT molecular complexity index is 775. The van der Waals surface area contributed by atoms with Gasteiger partial charge in [-0.1, -0.05) is 6.07 Å². The van der Waals surface area contributed by atoms with Crippen LogP contribution < -0.4 is 11.1 Å². The Balaban J connectivity index is 1.96. The average Bonchev–Trinajstić information content (AvgIpc) is 2.81. The number of rotatable bonds is 2. The third kappa shape index (κ3) is 2.64. The molecule has 2 aromatic carbocycles. The Morgan fingerprint density at radius 2 is 1.95 bits per heavy atom. The van der Waals surface area contributed by atoms with E-state index in [1.54, 1.807) is 11.3 Å². The number of hydrogen-bond acceptors (Lipinski definition) is 3. The molecule has 0 atom stereocenters. The van der Waals surface area contributed by atoms with Crippen LogP contribution in [-0.4, -0.2) is 10.1 Å². The molecule has 3 N–H and O–H groups in total. The maximum absolute atomic E-state index is 5.45. The molecular weight excluding hydrogens is 286 g/mol. The smallest absolute Gasteiger partial charge is 0.168 e. The number of nitrogens with two attached hydrogens (primary N) is 1. The fourth-order valence-electron chi connectivity index (χ4n) is 1.99. The van der Waals surface area contributed by atoms with Crippen LogP contribution in [0.25, 0.3) is 20.8 Å². The Hall–Kier alpha value is -1.98. The van der Waals surface area contributed by atoms with Crippen LogP contribution in [0.15, 0.2) is 42.5 Å². The molecule has 0 spiro atoms. The van der Waals surface area contributed by atoms with Gasteiger partial charge in [0.15, 0.2) is 5.11 Å². The minimum atomic E-state index is 0.271. The highest BCUT2D eigenvalue weighted by molar-refractivity contribution is 7.80. The molecule has 3 nitrogen and oxygen atoms in total. The molecule has 5 heteroatoms. The quantitative estimate of drug-likeness (QED) is 0.704. The lowest BCUT2D eigenvalue weighted by Gasteiger charge is -2.03. The monoisotopic (exact) mass is 299 g/mol. The summed E-state index contributed by atoms with van der Waals surface area (Å²) in [6.45, 7) is 2.09. The number of thiazole rings is 1. The van der Waals surface area contributed by atoms with Gasteiger partial charge in [-0.3, -0.25) is 0 Å². The van der Waals surface area contributed by atoms with Crippen molar-refractivity contribution < 1.29 is 0 Å². The summed E-state index contributed by atoms with van der Waals surface area (Å²) >= 11 is 6.52. The molecule has 1 heterocycles. The van der Waals surface area contributed by atoms with Gasteiger partial charge in [0, 0.05) is 11.3 Å². The summed E-state index contributed by atoms with van der Waals surface area (Å²) in [5, 5.41) is 4.20. The molecule has 20 heavy (non-hydrogen) atoms. The van der Waals surface area contributed by atoms with E-state index >= 15 is 0 Å². The average molecular weight is 299 g/mol. The van der Waals surface area contributed by atoms with Crippen molar-refractivity contribution in [3.63, 3.8) is 0 Å². The third-order valence-corrected chi connectivity index (χ3v) is 4.11. The van der Waals surface area contributed by atoms with Crippen molar-refractivity contribution in [3.8, 4) is 10.6 Å². The normalized spacial score (nSPS) is 10.7. The molecule has 3 aromatic rings. The zero-order chi connectivity index (χ0) is 14.1.